The van der Waals surface area contributed by atoms with Gasteiger partial charge in [0.25, 0.3) is 0 Å². The predicted molar refractivity (Wildman–Crippen MR) is 53.9 cm³/mol. The summed E-state index contributed by atoms with van der Waals surface area (Å²) < 4.78 is 0. The zero-order chi connectivity index (χ0) is 13.0. The minimum atomic E-state index is -1.69. The first kappa shape index (κ1) is 12.7. The maximum atomic E-state index is 10.8. The molecule has 0 aliphatic rings. The quantitative estimate of drug-likeness (QED) is 0.500. The molecular formula is C9H10N2O6. The normalized spacial score (nSPS) is 11.8. The molecule has 0 heterocycles. The van der Waals surface area contributed by atoms with E-state index in [9.17, 15) is 14.9 Å². The summed E-state index contributed by atoms with van der Waals surface area (Å²) >= 11 is 0. The number of hydrazine groups is 1. The van der Waals surface area contributed by atoms with Crippen LogP contribution in [-0.2, 0) is 11.2 Å². The molecule has 1 rings (SSSR count). The van der Waals surface area contributed by atoms with Crippen LogP contribution in [0.3, 0.4) is 0 Å². The topological polar surface area (TPSA) is 124 Å². The van der Waals surface area contributed by atoms with Crippen LogP contribution in [0.4, 0.5) is 0 Å². The number of rotatable bonds is 5. The number of hydroxylamine groups is 1. The number of hydrogen-bond donors (Lipinski definition) is 3. The smallest absolute Gasteiger partial charge is 0.335 e. The summed E-state index contributed by atoms with van der Waals surface area (Å²) in [6, 6.07) is 3.79. The average molecular weight is 242 g/mol. The fraction of sp³-hybridized carbons (Fsp3) is 0.222. The Bertz CT molecular complexity index is 418. The molecule has 92 valence electrons. The van der Waals surface area contributed by atoms with Gasteiger partial charge in [-0.3, -0.25) is 0 Å². The third-order valence-electron chi connectivity index (χ3n) is 2.10. The highest BCUT2D eigenvalue weighted by Crippen LogP contribution is 2.13. The van der Waals surface area contributed by atoms with Gasteiger partial charge in [-0.2, -0.15) is 0 Å². The van der Waals surface area contributed by atoms with Crippen LogP contribution >= 0.6 is 0 Å². The molecular weight excluding hydrogens is 232 g/mol. The highest BCUT2D eigenvalue weighted by atomic mass is 16.8. The summed E-state index contributed by atoms with van der Waals surface area (Å²) in [6.45, 7) is 0. The molecule has 0 unspecified atom stereocenters. The van der Waals surface area contributed by atoms with E-state index in [1.54, 1.807) is 0 Å². The van der Waals surface area contributed by atoms with Crippen molar-refractivity contribution < 1.29 is 25.2 Å². The molecule has 17 heavy (non-hydrogen) atoms. The van der Waals surface area contributed by atoms with Gasteiger partial charge in [-0.15, -0.1) is 0 Å². The summed E-state index contributed by atoms with van der Waals surface area (Å²) in [6.07, 6.45) is -0.257. The molecule has 1 aromatic rings. The molecule has 3 N–H and O–H groups in total. The third-order valence-corrected chi connectivity index (χ3v) is 2.10. The van der Waals surface area contributed by atoms with E-state index in [1.165, 1.54) is 24.3 Å². The van der Waals surface area contributed by atoms with Gasteiger partial charge in [0.05, 0.1) is 0 Å². The van der Waals surface area contributed by atoms with Crippen molar-refractivity contribution in [1.29, 1.82) is 0 Å². The van der Waals surface area contributed by atoms with Gasteiger partial charge in [0.15, 0.2) is 5.03 Å². The molecule has 0 fully saturated rings. The second-order valence-electron chi connectivity index (χ2n) is 3.28. The number of carbonyl (C=O) groups is 1. The van der Waals surface area contributed by atoms with Gasteiger partial charge in [-0.05, 0) is 17.7 Å². The lowest BCUT2D eigenvalue weighted by Gasteiger charge is -2.14. The Balaban J connectivity index is 2.84. The van der Waals surface area contributed by atoms with Gasteiger partial charge in [0.1, 0.15) is 5.75 Å². The summed E-state index contributed by atoms with van der Waals surface area (Å²) in [5.74, 6) is -1.52. The number of carboxylic acids is 1. The number of aliphatic carboxylic acids is 1. The second-order valence-corrected chi connectivity index (χ2v) is 3.28. The second kappa shape index (κ2) is 5.12. The summed E-state index contributed by atoms with van der Waals surface area (Å²) in [5.41, 5.74) is 0.441. The van der Waals surface area contributed by atoms with Crippen molar-refractivity contribution in [3.8, 4) is 5.75 Å². The van der Waals surface area contributed by atoms with Crippen LogP contribution in [0.15, 0.2) is 24.3 Å². The van der Waals surface area contributed by atoms with E-state index in [1.807, 2.05) is 0 Å². The number of phenolic OH excluding ortho intramolecular Hbond substituents is 1. The molecule has 0 aliphatic carbocycles. The Hall–Kier alpha value is -2.35. The zero-order valence-electron chi connectivity index (χ0n) is 8.55. The number of carboxylic acid groups (broad SMARTS) is 1. The SMILES string of the molecule is O=C(O)[C@H](Cc1ccc(O)cc1)N(O)[N+](=O)[O-]. The number of nitro groups is 1. The van der Waals surface area contributed by atoms with Crippen molar-refractivity contribution in [3.63, 3.8) is 0 Å². The standard InChI is InChI=1S/C9H10N2O6/c12-7-3-1-6(2-4-7)5-8(9(13)14)10(15)11(16)17/h1-4,8,12,15H,5H2,(H,13,14)/t8-/m0/s1. The fourth-order valence-electron chi connectivity index (χ4n) is 1.24. The maximum absolute atomic E-state index is 10.8. The van der Waals surface area contributed by atoms with Gasteiger partial charge in [0.2, 0.25) is 6.04 Å². The summed E-state index contributed by atoms with van der Waals surface area (Å²) in [7, 11) is 0. The molecule has 0 spiro atoms. The molecule has 0 aliphatic heterocycles. The number of benzene rings is 1. The molecule has 1 aromatic carbocycles. The van der Waals surface area contributed by atoms with Crippen molar-refractivity contribution in [2.24, 2.45) is 0 Å². The Morgan fingerprint density at radius 2 is 1.94 bits per heavy atom. The molecule has 8 heteroatoms. The Morgan fingerprint density at radius 1 is 1.41 bits per heavy atom. The van der Waals surface area contributed by atoms with E-state index in [0.717, 1.165) is 0 Å². The van der Waals surface area contributed by atoms with Crippen molar-refractivity contribution >= 4 is 5.97 Å². The molecule has 0 bridgehead atoms. The van der Waals surface area contributed by atoms with Crippen molar-refractivity contribution in [1.82, 2.24) is 5.17 Å². The number of aromatic hydroxyl groups is 1. The first-order chi connectivity index (χ1) is 7.91. The van der Waals surface area contributed by atoms with E-state index in [0.29, 0.717) is 5.56 Å². The predicted octanol–water partition coefficient (Wildman–Crippen LogP) is 0.271. The summed E-state index contributed by atoms with van der Waals surface area (Å²) in [5, 5.41) is 35.4. The third kappa shape index (κ3) is 3.31. The first-order valence-corrected chi connectivity index (χ1v) is 4.55. The van der Waals surface area contributed by atoms with Crippen LogP contribution < -0.4 is 0 Å². The van der Waals surface area contributed by atoms with Crippen LogP contribution in [0, 0.1) is 10.1 Å². The summed E-state index contributed by atoms with van der Waals surface area (Å²) in [4.78, 5) is 21.0. The van der Waals surface area contributed by atoms with Gasteiger partial charge in [-0.1, -0.05) is 12.1 Å². The van der Waals surface area contributed by atoms with E-state index in [2.05, 4.69) is 0 Å². The fourth-order valence-corrected chi connectivity index (χ4v) is 1.24. The average Bonchev–Trinajstić information content (AvgIpc) is 2.26. The van der Waals surface area contributed by atoms with E-state index < -0.39 is 22.2 Å². The number of phenols is 1. The van der Waals surface area contributed by atoms with Crippen LogP contribution in [0.1, 0.15) is 5.56 Å². The molecule has 0 amide bonds. The monoisotopic (exact) mass is 242 g/mol. The van der Waals surface area contributed by atoms with Gasteiger partial charge in [-0.25, -0.2) is 20.1 Å². The largest absolute Gasteiger partial charge is 0.508 e. The maximum Gasteiger partial charge on any atom is 0.335 e. The number of nitrogens with zero attached hydrogens (tertiary/aromatic N) is 2. The molecule has 0 saturated carbocycles. The lowest BCUT2D eigenvalue weighted by Crippen LogP contribution is -2.43. The minimum absolute atomic E-state index is 0.00393. The lowest BCUT2D eigenvalue weighted by atomic mass is 10.1. The van der Waals surface area contributed by atoms with Crippen LogP contribution in [0.25, 0.3) is 0 Å². The molecule has 0 aromatic heterocycles. The highest BCUT2D eigenvalue weighted by Gasteiger charge is 2.32. The van der Waals surface area contributed by atoms with Crippen LogP contribution in [-0.4, -0.2) is 37.6 Å². The Kier molecular flexibility index (Phi) is 3.83. The van der Waals surface area contributed by atoms with Gasteiger partial charge >= 0.3 is 5.97 Å². The molecule has 8 nitrogen and oxygen atoms in total. The highest BCUT2D eigenvalue weighted by molar-refractivity contribution is 5.73. The van der Waals surface area contributed by atoms with Gasteiger partial charge < -0.3 is 10.2 Å². The van der Waals surface area contributed by atoms with Crippen LogP contribution in [0.2, 0.25) is 0 Å². The molecule has 0 radical (unpaired) electrons. The number of hydrogen-bond acceptors (Lipinski definition) is 5. The van der Waals surface area contributed by atoms with E-state index in [-0.39, 0.29) is 12.2 Å². The van der Waals surface area contributed by atoms with Crippen molar-refractivity contribution in [2.75, 3.05) is 0 Å². The van der Waals surface area contributed by atoms with E-state index >= 15 is 0 Å². The lowest BCUT2D eigenvalue weighted by molar-refractivity contribution is -0.734. The van der Waals surface area contributed by atoms with Crippen molar-refractivity contribution in [3.05, 3.63) is 39.9 Å². The van der Waals surface area contributed by atoms with E-state index in [4.69, 9.17) is 15.4 Å². The Labute approximate surface area is 95.4 Å². The molecule has 0 saturated heterocycles. The van der Waals surface area contributed by atoms with Gasteiger partial charge in [0, 0.05) is 11.6 Å². The minimum Gasteiger partial charge on any atom is -0.508 e. The first-order valence-electron chi connectivity index (χ1n) is 4.55. The zero-order valence-corrected chi connectivity index (χ0v) is 8.55. The van der Waals surface area contributed by atoms with Crippen LogP contribution in [0.5, 0.6) is 5.75 Å². The van der Waals surface area contributed by atoms with Crippen molar-refractivity contribution in [2.45, 2.75) is 12.5 Å². The molecule has 1 atom stereocenters. The Morgan fingerprint density at radius 3 is 2.35 bits per heavy atom.